The molecule has 1 aromatic carbocycles. The summed E-state index contributed by atoms with van der Waals surface area (Å²) >= 11 is 1.08. The molecule has 0 fully saturated rings. The van der Waals surface area contributed by atoms with Crippen LogP contribution in [0.3, 0.4) is 0 Å². The Morgan fingerprint density at radius 2 is 1.94 bits per heavy atom. The molecule has 3 aromatic rings. The molecule has 2 heterocycles. The molecule has 262 valence electrons. The number of hydrogen-bond donors (Lipinski definition) is 1. The molecule has 0 amide bonds. The van der Waals surface area contributed by atoms with Gasteiger partial charge in [0.05, 0.1) is 29.0 Å². The zero-order valence-corrected chi connectivity index (χ0v) is 29.7. The molecule has 0 spiro atoms. The number of allylic oxidation sites excluding steroid dienone is 2. The summed E-state index contributed by atoms with van der Waals surface area (Å²) in [6, 6.07) is 8.96. The van der Waals surface area contributed by atoms with Gasteiger partial charge in [0.25, 0.3) is 0 Å². The van der Waals surface area contributed by atoms with E-state index in [-0.39, 0.29) is 10.7 Å². The molecular formula is C38H50F3N3O3S. The average molecular weight is 686 g/mol. The minimum absolute atomic E-state index is 0.161. The van der Waals surface area contributed by atoms with Crippen LogP contribution in [0, 0.1) is 5.41 Å². The molecule has 0 saturated heterocycles. The molecule has 10 heteroatoms. The van der Waals surface area contributed by atoms with Crippen molar-refractivity contribution in [2.24, 2.45) is 10.6 Å². The first-order valence-electron chi connectivity index (χ1n) is 16.4. The molecule has 6 nitrogen and oxygen atoms in total. The lowest BCUT2D eigenvalue weighted by atomic mass is 9.80. The van der Waals surface area contributed by atoms with E-state index in [0.717, 1.165) is 74.3 Å². The van der Waals surface area contributed by atoms with Crippen molar-refractivity contribution in [3.63, 3.8) is 0 Å². The third-order valence-electron chi connectivity index (χ3n) is 8.63. The molecule has 0 aliphatic carbocycles. The van der Waals surface area contributed by atoms with Gasteiger partial charge in [-0.1, -0.05) is 51.3 Å². The quantitative estimate of drug-likeness (QED) is 0.0419. The van der Waals surface area contributed by atoms with Gasteiger partial charge in [0.15, 0.2) is 0 Å². The normalized spacial score (nSPS) is 13.8. The van der Waals surface area contributed by atoms with Crippen molar-refractivity contribution < 1.29 is 27.4 Å². The fourth-order valence-corrected chi connectivity index (χ4v) is 6.30. The lowest BCUT2D eigenvalue weighted by molar-refractivity contribution is -0.139. The van der Waals surface area contributed by atoms with Gasteiger partial charge >= 0.3 is 6.18 Å². The molecule has 2 unspecified atom stereocenters. The summed E-state index contributed by atoms with van der Waals surface area (Å²) in [6.45, 7) is 15.0. The SMILES string of the molecule is C=CCCC(C)(C)Cc1c(-c2cccnc2C(C)OC)n(CC(F)(F)F)c2ccc(C(=C)O/C=C(\C)CCCCCC(C=O)SN)cc12. The lowest BCUT2D eigenvalue weighted by Gasteiger charge is -2.26. The van der Waals surface area contributed by atoms with E-state index in [9.17, 15) is 18.0 Å². The average Bonchev–Trinajstić information content (AvgIpc) is 3.33. The monoisotopic (exact) mass is 685 g/mol. The summed E-state index contributed by atoms with van der Waals surface area (Å²) in [5.74, 6) is 0.405. The van der Waals surface area contributed by atoms with Crippen molar-refractivity contribution in [2.75, 3.05) is 7.11 Å². The Kier molecular flexibility index (Phi) is 14.6. The van der Waals surface area contributed by atoms with Gasteiger partial charge in [-0.25, -0.2) is 0 Å². The Bertz CT molecular complexity index is 1580. The number of nitrogens with zero attached hydrogens (tertiary/aromatic N) is 2. The number of aromatic nitrogens is 2. The lowest BCUT2D eigenvalue weighted by Crippen LogP contribution is -2.20. The first-order chi connectivity index (χ1) is 22.7. The highest BCUT2D eigenvalue weighted by atomic mass is 32.2. The summed E-state index contributed by atoms with van der Waals surface area (Å²) in [4.78, 5) is 15.5. The molecule has 3 rings (SSSR count). The van der Waals surface area contributed by atoms with Gasteiger partial charge in [-0.15, -0.1) is 6.58 Å². The second kappa shape index (κ2) is 17.9. The van der Waals surface area contributed by atoms with Crippen LogP contribution < -0.4 is 5.14 Å². The van der Waals surface area contributed by atoms with Gasteiger partial charge in [0.1, 0.15) is 18.6 Å². The highest BCUT2D eigenvalue weighted by Gasteiger charge is 2.34. The standard InChI is InChI=1S/C38H50F3N3O3S/c1-8-9-19-37(5,6)22-33-32-21-29(27(3)47-24-26(2)14-11-10-12-15-30(23-45)48-42)17-18-34(32)44(25-38(39,40)41)36(33)31-16-13-20-43-35(31)28(4)46-7/h8,13,16-18,20-21,23-24,28,30H,1,3,9-12,14-15,19,22,25,42H2,2,4-7H3/b26-24+. The molecule has 2 atom stereocenters. The van der Waals surface area contributed by atoms with Gasteiger partial charge in [-0.2, -0.15) is 13.2 Å². The molecule has 0 bridgehead atoms. The Morgan fingerprint density at radius 3 is 2.58 bits per heavy atom. The van der Waals surface area contributed by atoms with Crippen molar-refractivity contribution in [1.29, 1.82) is 0 Å². The Hall–Kier alpha value is -3.34. The number of halogens is 3. The minimum atomic E-state index is -4.46. The molecule has 0 radical (unpaired) electrons. The number of aldehydes is 1. The summed E-state index contributed by atoms with van der Waals surface area (Å²) in [5.41, 5.74) is 4.45. The van der Waals surface area contributed by atoms with E-state index in [1.807, 2.05) is 32.1 Å². The van der Waals surface area contributed by atoms with Crippen molar-refractivity contribution in [2.45, 2.75) is 103 Å². The molecule has 2 N–H and O–H groups in total. The third-order valence-corrected chi connectivity index (χ3v) is 9.33. The van der Waals surface area contributed by atoms with E-state index in [2.05, 4.69) is 32.0 Å². The summed E-state index contributed by atoms with van der Waals surface area (Å²) in [7, 11) is 1.56. The van der Waals surface area contributed by atoms with E-state index in [0.29, 0.717) is 45.6 Å². The van der Waals surface area contributed by atoms with Crippen molar-refractivity contribution in [3.05, 3.63) is 84.4 Å². The van der Waals surface area contributed by atoms with Crippen LogP contribution >= 0.6 is 11.9 Å². The van der Waals surface area contributed by atoms with Gasteiger partial charge in [-0.3, -0.25) is 10.1 Å². The smallest absolute Gasteiger partial charge is 0.406 e. The van der Waals surface area contributed by atoms with Gasteiger partial charge in [0.2, 0.25) is 0 Å². The molecule has 2 aromatic heterocycles. The number of carbonyl (C=O) groups excluding carboxylic acids is 1. The van der Waals surface area contributed by atoms with Crippen molar-refractivity contribution in [1.82, 2.24) is 9.55 Å². The van der Waals surface area contributed by atoms with E-state index >= 15 is 0 Å². The number of methoxy groups -OCH3 is 1. The van der Waals surface area contributed by atoms with Crippen LogP contribution in [0.1, 0.15) is 95.6 Å². The molecule has 0 aliphatic rings. The first-order valence-corrected chi connectivity index (χ1v) is 17.3. The second-order valence-corrected chi connectivity index (χ2v) is 14.0. The second-order valence-electron chi connectivity index (χ2n) is 13.2. The number of fused-ring (bicyclic) bond motifs is 1. The molecule has 0 saturated carbocycles. The van der Waals surface area contributed by atoms with Crippen molar-refractivity contribution >= 4 is 34.9 Å². The fraction of sp³-hybridized carbons (Fsp3) is 0.474. The summed E-state index contributed by atoms with van der Waals surface area (Å²) in [5, 5.41) is 6.08. The number of pyridine rings is 1. The van der Waals surface area contributed by atoms with E-state index < -0.39 is 18.8 Å². The maximum absolute atomic E-state index is 14.3. The first kappa shape index (κ1) is 39.1. The highest BCUT2D eigenvalue weighted by molar-refractivity contribution is 7.98. The number of hydrogen-bond acceptors (Lipinski definition) is 6. The molecule has 48 heavy (non-hydrogen) atoms. The molecule has 0 aliphatic heterocycles. The van der Waals surface area contributed by atoms with Crippen LogP contribution in [-0.4, -0.2) is 34.4 Å². The third kappa shape index (κ3) is 10.8. The van der Waals surface area contributed by atoms with E-state index in [4.69, 9.17) is 14.6 Å². The number of alkyl halides is 3. The zero-order chi connectivity index (χ0) is 35.5. The van der Waals surface area contributed by atoms with Gasteiger partial charge in [0, 0.05) is 35.3 Å². The van der Waals surface area contributed by atoms with Crippen LogP contribution in [0.25, 0.3) is 27.9 Å². The predicted molar refractivity (Wildman–Crippen MR) is 192 cm³/mol. The number of rotatable bonds is 20. The van der Waals surface area contributed by atoms with Crippen LogP contribution in [0.2, 0.25) is 0 Å². The summed E-state index contributed by atoms with van der Waals surface area (Å²) in [6.07, 6.45) is 7.75. The summed E-state index contributed by atoms with van der Waals surface area (Å²) < 4.78 is 55.7. The maximum Gasteiger partial charge on any atom is 0.406 e. The Balaban J connectivity index is 2.06. The predicted octanol–water partition coefficient (Wildman–Crippen LogP) is 10.5. The maximum atomic E-state index is 14.3. The van der Waals surface area contributed by atoms with Gasteiger partial charge in [-0.05, 0) is 99.3 Å². The van der Waals surface area contributed by atoms with Crippen LogP contribution in [0.15, 0.2) is 67.6 Å². The molecular weight excluding hydrogens is 635 g/mol. The van der Waals surface area contributed by atoms with Crippen molar-refractivity contribution in [3.8, 4) is 11.3 Å². The number of ether oxygens (including phenoxy) is 2. The van der Waals surface area contributed by atoms with Crippen LogP contribution in [-0.2, 0) is 27.2 Å². The minimum Gasteiger partial charge on any atom is -0.465 e. The van der Waals surface area contributed by atoms with E-state index in [1.54, 1.807) is 37.8 Å². The van der Waals surface area contributed by atoms with Crippen LogP contribution in [0.5, 0.6) is 0 Å². The number of benzene rings is 1. The number of carbonyl (C=O) groups is 1. The Morgan fingerprint density at radius 1 is 1.19 bits per heavy atom. The largest absolute Gasteiger partial charge is 0.465 e. The zero-order valence-electron chi connectivity index (χ0n) is 28.9. The Labute approximate surface area is 287 Å². The number of nitrogens with two attached hydrogens (primary N) is 1. The fourth-order valence-electron chi connectivity index (χ4n) is 5.93. The van der Waals surface area contributed by atoms with Gasteiger partial charge < -0.3 is 18.8 Å². The van der Waals surface area contributed by atoms with E-state index in [1.165, 1.54) is 4.57 Å². The van der Waals surface area contributed by atoms with Crippen LogP contribution in [0.4, 0.5) is 13.2 Å². The topological polar surface area (TPSA) is 79.4 Å². The highest BCUT2D eigenvalue weighted by Crippen LogP contribution is 2.43. The number of unbranched alkanes of at least 4 members (excludes halogenated alkanes) is 2.